The van der Waals surface area contributed by atoms with Gasteiger partial charge in [0.25, 0.3) is 10.0 Å². The number of hydrogen-bond acceptors (Lipinski definition) is 5. The Kier molecular flexibility index (Phi) is 3.92. The van der Waals surface area contributed by atoms with Gasteiger partial charge in [0.1, 0.15) is 6.54 Å². The van der Waals surface area contributed by atoms with Gasteiger partial charge >= 0.3 is 0 Å². The molecular formula is C9H9BrN4O3S2. The molecule has 7 nitrogen and oxygen atoms in total. The van der Waals surface area contributed by atoms with Gasteiger partial charge in [0, 0.05) is 10.7 Å². The molecule has 0 saturated heterocycles. The van der Waals surface area contributed by atoms with E-state index < -0.39 is 15.9 Å². The van der Waals surface area contributed by atoms with Crippen molar-refractivity contribution in [3.8, 4) is 0 Å². The highest BCUT2D eigenvalue weighted by Gasteiger charge is 2.19. The molecule has 2 aromatic rings. The van der Waals surface area contributed by atoms with Crippen molar-refractivity contribution in [1.29, 1.82) is 0 Å². The number of nitrogens with zero attached hydrogens (tertiary/aromatic N) is 2. The lowest BCUT2D eigenvalue weighted by Gasteiger charge is -2.03. The molecule has 0 atom stereocenters. The average molecular weight is 365 g/mol. The van der Waals surface area contributed by atoms with E-state index >= 15 is 0 Å². The molecule has 3 N–H and O–H groups in total. The van der Waals surface area contributed by atoms with Gasteiger partial charge in [-0.15, -0.1) is 11.3 Å². The summed E-state index contributed by atoms with van der Waals surface area (Å²) in [5.74, 6) is -0.557. The highest BCUT2D eigenvalue weighted by atomic mass is 79.9. The van der Waals surface area contributed by atoms with E-state index in [4.69, 9.17) is 5.73 Å². The molecule has 0 spiro atoms. The molecule has 0 aliphatic rings. The van der Waals surface area contributed by atoms with E-state index in [1.807, 2.05) is 0 Å². The van der Waals surface area contributed by atoms with Gasteiger partial charge in [0.05, 0.1) is 11.9 Å². The zero-order valence-corrected chi connectivity index (χ0v) is 12.6. The largest absolute Gasteiger partial charge is 0.368 e. The summed E-state index contributed by atoms with van der Waals surface area (Å²) < 4.78 is 28.4. The monoisotopic (exact) mass is 364 g/mol. The second-order valence-electron chi connectivity index (χ2n) is 3.55. The summed E-state index contributed by atoms with van der Waals surface area (Å²) in [6, 6.07) is 1.65. The van der Waals surface area contributed by atoms with Crippen molar-refractivity contribution < 1.29 is 13.2 Å². The second kappa shape index (κ2) is 5.31. The fraction of sp³-hybridized carbons (Fsp3) is 0.111. The lowest BCUT2D eigenvalue weighted by atomic mass is 10.6. The van der Waals surface area contributed by atoms with E-state index in [0.29, 0.717) is 4.47 Å². The average Bonchev–Trinajstić information content (AvgIpc) is 2.86. The van der Waals surface area contributed by atoms with Crippen LogP contribution < -0.4 is 10.5 Å². The Labute approximate surface area is 121 Å². The molecule has 10 heteroatoms. The molecule has 102 valence electrons. The van der Waals surface area contributed by atoms with Crippen LogP contribution in [0.4, 0.5) is 5.69 Å². The SMILES string of the molecule is NC(=O)Cn1cc(NS(=O)(=O)c2sccc2Br)cn1. The first-order chi connectivity index (χ1) is 8.88. The van der Waals surface area contributed by atoms with Crippen LogP contribution in [0.1, 0.15) is 0 Å². The summed E-state index contributed by atoms with van der Waals surface area (Å²) >= 11 is 4.26. The Bertz CT molecular complexity index is 707. The Hall–Kier alpha value is -1.39. The lowest BCUT2D eigenvalue weighted by Crippen LogP contribution is -2.18. The molecule has 0 aliphatic carbocycles. The third-order valence-electron chi connectivity index (χ3n) is 2.03. The zero-order valence-electron chi connectivity index (χ0n) is 9.41. The van der Waals surface area contributed by atoms with E-state index in [-0.39, 0.29) is 16.4 Å². The number of nitrogens with two attached hydrogens (primary N) is 1. The normalized spacial score (nSPS) is 11.4. The van der Waals surface area contributed by atoms with Crippen molar-refractivity contribution in [3.05, 3.63) is 28.3 Å². The number of halogens is 1. The molecule has 0 fully saturated rings. The van der Waals surface area contributed by atoms with Crippen LogP contribution in [0.2, 0.25) is 0 Å². The van der Waals surface area contributed by atoms with Crippen LogP contribution in [-0.4, -0.2) is 24.1 Å². The van der Waals surface area contributed by atoms with Crippen molar-refractivity contribution in [2.24, 2.45) is 5.73 Å². The number of carbonyl (C=O) groups excluding carboxylic acids is 1. The van der Waals surface area contributed by atoms with Gasteiger partial charge in [-0.05, 0) is 27.4 Å². The number of carbonyl (C=O) groups is 1. The molecule has 19 heavy (non-hydrogen) atoms. The maximum Gasteiger partial charge on any atom is 0.272 e. The van der Waals surface area contributed by atoms with Crippen molar-refractivity contribution >= 4 is 48.9 Å². The van der Waals surface area contributed by atoms with Crippen molar-refractivity contribution in [3.63, 3.8) is 0 Å². The summed E-state index contributed by atoms with van der Waals surface area (Å²) in [6.07, 6.45) is 2.70. The van der Waals surface area contributed by atoms with Gasteiger partial charge in [-0.2, -0.15) is 5.10 Å². The summed E-state index contributed by atoms with van der Waals surface area (Å²) in [4.78, 5) is 10.7. The van der Waals surface area contributed by atoms with Gasteiger partial charge in [-0.25, -0.2) is 8.42 Å². The minimum atomic E-state index is -3.66. The van der Waals surface area contributed by atoms with E-state index in [0.717, 1.165) is 11.3 Å². The van der Waals surface area contributed by atoms with Gasteiger partial charge in [0.2, 0.25) is 5.91 Å². The third kappa shape index (κ3) is 3.33. The summed E-state index contributed by atoms with van der Waals surface area (Å²) in [7, 11) is -3.66. The zero-order chi connectivity index (χ0) is 14.0. The summed E-state index contributed by atoms with van der Waals surface area (Å²) in [6.45, 7) is -0.107. The molecule has 0 radical (unpaired) electrons. The Morgan fingerprint density at radius 1 is 1.58 bits per heavy atom. The number of hydrogen-bond donors (Lipinski definition) is 2. The smallest absolute Gasteiger partial charge is 0.272 e. The van der Waals surface area contributed by atoms with Crippen LogP contribution in [0.15, 0.2) is 32.5 Å². The maximum atomic E-state index is 12.1. The van der Waals surface area contributed by atoms with E-state index in [1.54, 1.807) is 11.4 Å². The molecule has 0 bridgehead atoms. The number of aromatic nitrogens is 2. The minimum Gasteiger partial charge on any atom is -0.368 e. The van der Waals surface area contributed by atoms with Crippen LogP contribution in [0.25, 0.3) is 0 Å². The predicted molar refractivity (Wildman–Crippen MR) is 74.2 cm³/mol. The molecule has 0 aromatic carbocycles. The molecule has 0 aliphatic heterocycles. The molecular weight excluding hydrogens is 356 g/mol. The van der Waals surface area contributed by atoms with E-state index in [9.17, 15) is 13.2 Å². The Morgan fingerprint density at radius 3 is 2.89 bits per heavy atom. The number of primary amides is 1. The van der Waals surface area contributed by atoms with Crippen LogP contribution in [0.5, 0.6) is 0 Å². The second-order valence-corrected chi connectivity index (χ2v) is 7.20. The minimum absolute atomic E-state index is 0.107. The Balaban J connectivity index is 2.19. The van der Waals surface area contributed by atoms with E-state index in [1.165, 1.54) is 17.1 Å². The fourth-order valence-electron chi connectivity index (χ4n) is 1.34. The maximum absolute atomic E-state index is 12.1. The highest BCUT2D eigenvalue weighted by Crippen LogP contribution is 2.29. The van der Waals surface area contributed by atoms with Crippen LogP contribution in [0, 0.1) is 0 Å². The first-order valence-electron chi connectivity index (χ1n) is 4.95. The van der Waals surface area contributed by atoms with Gasteiger partial charge in [-0.3, -0.25) is 14.2 Å². The number of thiophene rings is 1. The fourth-order valence-corrected chi connectivity index (χ4v) is 4.70. The van der Waals surface area contributed by atoms with Gasteiger partial charge in [-0.1, -0.05) is 0 Å². The van der Waals surface area contributed by atoms with Gasteiger partial charge in [0.15, 0.2) is 4.21 Å². The van der Waals surface area contributed by atoms with Crippen molar-refractivity contribution in [2.45, 2.75) is 10.8 Å². The van der Waals surface area contributed by atoms with Crippen LogP contribution in [0.3, 0.4) is 0 Å². The summed E-state index contributed by atoms with van der Waals surface area (Å²) in [5.41, 5.74) is 5.28. The van der Waals surface area contributed by atoms with Crippen molar-refractivity contribution in [2.75, 3.05) is 4.72 Å². The Morgan fingerprint density at radius 2 is 2.32 bits per heavy atom. The van der Waals surface area contributed by atoms with Crippen molar-refractivity contribution in [1.82, 2.24) is 9.78 Å². The standard InChI is InChI=1S/C9H9BrN4O3S2/c10-7-1-2-18-9(7)19(16,17)13-6-3-12-14(4-6)5-8(11)15/h1-4,13H,5H2,(H2,11,15). The first kappa shape index (κ1) is 14.0. The topological polar surface area (TPSA) is 107 Å². The number of anilines is 1. The number of rotatable bonds is 5. The first-order valence-corrected chi connectivity index (χ1v) is 8.10. The number of nitrogens with one attached hydrogen (secondary N) is 1. The molecule has 2 rings (SSSR count). The summed E-state index contributed by atoms with van der Waals surface area (Å²) in [5, 5.41) is 5.49. The van der Waals surface area contributed by atoms with Crippen LogP contribution >= 0.6 is 27.3 Å². The van der Waals surface area contributed by atoms with Gasteiger partial charge < -0.3 is 5.73 Å². The highest BCUT2D eigenvalue weighted by molar-refractivity contribution is 9.10. The quantitative estimate of drug-likeness (QED) is 0.824. The number of sulfonamides is 1. The molecule has 0 saturated carbocycles. The van der Waals surface area contributed by atoms with Crippen LogP contribution in [-0.2, 0) is 21.4 Å². The number of amides is 1. The molecule has 0 unspecified atom stereocenters. The lowest BCUT2D eigenvalue weighted by molar-refractivity contribution is -0.118. The molecule has 2 heterocycles. The van der Waals surface area contributed by atoms with E-state index in [2.05, 4.69) is 25.8 Å². The molecule has 2 aromatic heterocycles. The third-order valence-corrected chi connectivity index (χ3v) is 6.08. The molecule has 1 amide bonds. The predicted octanol–water partition coefficient (Wildman–Crippen LogP) is 0.993.